The smallest absolute Gasteiger partial charge is 0.251 e. The van der Waals surface area contributed by atoms with Gasteiger partial charge < -0.3 is 10.1 Å². The molecule has 1 heterocycles. The number of morpholine rings is 1. The molecule has 4 heteroatoms. The molecule has 0 radical (unpaired) electrons. The Kier molecular flexibility index (Phi) is 6.67. The molecule has 2 fully saturated rings. The molecule has 1 aliphatic carbocycles. The Morgan fingerprint density at radius 2 is 1.62 bits per heavy atom. The molecular weight excluding hydrogens is 300 g/mol. The Bertz CT molecular complexity index is 501. The van der Waals surface area contributed by atoms with Gasteiger partial charge in [0.1, 0.15) is 0 Å². The molecular formula is C20H30N2O2. The average Bonchev–Trinajstić information content (AvgIpc) is 2.59. The highest BCUT2D eigenvalue weighted by Gasteiger charge is 2.15. The number of nitrogens with zero attached hydrogens (tertiary/aromatic N) is 1. The summed E-state index contributed by atoms with van der Waals surface area (Å²) >= 11 is 0. The summed E-state index contributed by atoms with van der Waals surface area (Å²) in [5, 5.41) is 3.24. The van der Waals surface area contributed by atoms with E-state index in [-0.39, 0.29) is 5.91 Å². The third-order valence-electron chi connectivity index (χ3n) is 5.17. The van der Waals surface area contributed by atoms with Crippen molar-refractivity contribution in [2.45, 2.75) is 57.5 Å². The number of benzene rings is 1. The molecule has 1 aromatic rings. The molecule has 0 spiro atoms. The largest absolute Gasteiger partial charge is 0.379 e. The van der Waals surface area contributed by atoms with Gasteiger partial charge in [-0.15, -0.1) is 0 Å². The van der Waals surface area contributed by atoms with Gasteiger partial charge in [0.05, 0.1) is 13.2 Å². The zero-order valence-electron chi connectivity index (χ0n) is 14.6. The van der Waals surface area contributed by atoms with E-state index in [0.29, 0.717) is 6.04 Å². The minimum atomic E-state index is 0.0819. The molecule has 1 aliphatic heterocycles. The fourth-order valence-corrected chi connectivity index (χ4v) is 3.65. The van der Waals surface area contributed by atoms with Crippen molar-refractivity contribution < 1.29 is 9.53 Å². The van der Waals surface area contributed by atoms with Crippen LogP contribution in [0.2, 0.25) is 0 Å². The number of nitrogens with one attached hydrogen (secondary N) is 1. The molecule has 0 aromatic heterocycles. The highest BCUT2D eigenvalue weighted by molar-refractivity contribution is 5.94. The van der Waals surface area contributed by atoms with Gasteiger partial charge in [-0.1, -0.05) is 44.2 Å². The van der Waals surface area contributed by atoms with E-state index in [1.54, 1.807) is 0 Å². The maximum atomic E-state index is 12.5. The number of hydrogen-bond donors (Lipinski definition) is 1. The maximum Gasteiger partial charge on any atom is 0.251 e. The molecule has 132 valence electrons. The van der Waals surface area contributed by atoms with Gasteiger partial charge in [-0.3, -0.25) is 9.69 Å². The van der Waals surface area contributed by atoms with Crippen LogP contribution in [0, 0.1) is 0 Å². The molecule has 1 aromatic carbocycles. The Labute approximate surface area is 145 Å². The fourth-order valence-electron chi connectivity index (χ4n) is 3.65. The monoisotopic (exact) mass is 330 g/mol. The first-order valence-electron chi connectivity index (χ1n) is 9.51. The molecule has 0 bridgehead atoms. The summed E-state index contributed by atoms with van der Waals surface area (Å²) in [6, 6.07) is 8.46. The minimum Gasteiger partial charge on any atom is -0.379 e. The van der Waals surface area contributed by atoms with E-state index in [0.717, 1.165) is 51.3 Å². The molecule has 1 amide bonds. The zero-order valence-corrected chi connectivity index (χ0v) is 14.6. The van der Waals surface area contributed by atoms with Crippen LogP contribution >= 0.6 is 0 Å². The third-order valence-corrected chi connectivity index (χ3v) is 5.17. The van der Waals surface area contributed by atoms with E-state index in [9.17, 15) is 4.79 Å². The molecule has 4 nitrogen and oxygen atoms in total. The molecule has 0 atom stereocenters. The van der Waals surface area contributed by atoms with Crippen LogP contribution in [0.3, 0.4) is 0 Å². The maximum absolute atomic E-state index is 12.5. The number of hydrogen-bond acceptors (Lipinski definition) is 3. The predicted octanol–water partition coefficient (Wildman–Crippen LogP) is 3.36. The lowest BCUT2D eigenvalue weighted by molar-refractivity contribution is 0.0342. The fraction of sp³-hybridized carbons (Fsp3) is 0.650. The van der Waals surface area contributed by atoms with Crippen molar-refractivity contribution in [3.8, 4) is 0 Å². The van der Waals surface area contributed by atoms with Gasteiger partial charge in [0, 0.05) is 31.2 Å². The Hall–Kier alpha value is -1.39. The van der Waals surface area contributed by atoms with Crippen LogP contribution in [0.5, 0.6) is 0 Å². The SMILES string of the molecule is O=C(NC1CCCCCCC1)c1ccc(CN2CCOCC2)cc1. The van der Waals surface area contributed by atoms with Crippen molar-refractivity contribution in [3.05, 3.63) is 35.4 Å². The van der Waals surface area contributed by atoms with E-state index >= 15 is 0 Å². The standard InChI is InChI=1S/C20H30N2O2/c23-20(21-19-6-4-2-1-3-5-7-19)18-10-8-17(9-11-18)16-22-12-14-24-15-13-22/h8-11,19H,1-7,12-16H2,(H,21,23). The lowest BCUT2D eigenvalue weighted by Crippen LogP contribution is -2.36. The van der Waals surface area contributed by atoms with Crippen LogP contribution in [0.4, 0.5) is 0 Å². The Balaban J connectivity index is 1.51. The topological polar surface area (TPSA) is 41.6 Å². The molecule has 1 saturated heterocycles. The summed E-state index contributed by atoms with van der Waals surface area (Å²) in [5.74, 6) is 0.0819. The second-order valence-electron chi connectivity index (χ2n) is 7.10. The van der Waals surface area contributed by atoms with Crippen molar-refractivity contribution in [3.63, 3.8) is 0 Å². The first-order valence-corrected chi connectivity index (χ1v) is 9.51. The van der Waals surface area contributed by atoms with Gasteiger partial charge in [0.15, 0.2) is 0 Å². The zero-order chi connectivity index (χ0) is 16.6. The minimum absolute atomic E-state index is 0.0819. The number of ether oxygens (including phenoxy) is 1. The summed E-state index contributed by atoms with van der Waals surface area (Å²) in [4.78, 5) is 14.9. The molecule has 3 rings (SSSR count). The van der Waals surface area contributed by atoms with Crippen LogP contribution in [-0.2, 0) is 11.3 Å². The highest BCUT2D eigenvalue weighted by Crippen LogP contribution is 2.18. The van der Waals surface area contributed by atoms with E-state index in [1.165, 1.54) is 37.7 Å². The summed E-state index contributed by atoms with van der Waals surface area (Å²) in [6.07, 6.45) is 8.70. The quantitative estimate of drug-likeness (QED) is 0.920. The van der Waals surface area contributed by atoms with Crippen molar-refractivity contribution in [2.75, 3.05) is 26.3 Å². The summed E-state index contributed by atoms with van der Waals surface area (Å²) in [5.41, 5.74) is 2.04. The first kappa shape index (κ1) is 17.4. The lowest BCUT2D eigenvalue weighted by Gasteiger charge is -2.26. The van der Waals surface area contributed by atoms with Gasteiger partial charge >= 0.3 is 0 Å². The molecule has 2 aliphatic rings. The second kappa shape index (κ2) is 9.19. The number of rotatable bonds is 4. The normalized spacial score (nSPS) is 21.0. The predicted molar refractivity (Wildman–Crippen MR) is 96.1 cm³/mol. The van der Waals surface area contributed by atoms with Crippen molar-refractivity contribution >= 4 is 5.91 Å². The van der Waals surface area contributed by atoms with Gasteiger partial charge in [0.25, 0.3) is 5.91 Å². The average molecular weight is 330 g/mol. The van der Waals surface area contributed by atoms with E-state index in [4.69, 9.17) is 4.74 Å². The first-order chi connectivity index (χ1) is 11.8. The lowest BCUT2D eigenvalue weighted by atomic mass is 9.96. The summed E-state index contributed by atoms with van der Waals surface area (Å²) < 4.78 is 5.38. The van der Waals surface area contributed by atoms with Crippen LogP contribution in [-0.4, -0.2) is 43.2 Å². The van der Waals surface area contributed by atoms with Crippen LogP contribution in [0.25, 0.3) is 0 Å². The number of carbonyl (C=O) groups excluding carboxylic acids is 1. The van der Waals surface area contributed by atoms with Crippen LogP contribution in [0.15, 0.2) is 24.3 Å². The van der Waals surface area contributed by atoms with Crippen molar-refractivity contribution in [1.29, 1.82) is 0 Å². The number of amides is 1. The van der Waals surface area contributed by atoms with Gasteiger partial charge in [-0.2, -0.15) is 0 Å². The summed E-state index contributed by atoms with van der Waals surface area (Å²) in [7, 11) is 0. The van der Waals surface area contributed by atoms with Gasteiger partial charge in [-0.25, -0.2) is 0 Å². The Morgan fingerprint density at radius 1 is 1.00 bits per heavy atom. The number of carbonyl (C=O) groups is 1. The highest BCUT2D eigenvalue weighted by atomic mass is 16.5. The van der Waals surface area contributed by atoms with E-state index < -0.39 is 0 Å². The second-order valence-corrected chi connectivity index (χ2v) is 7.10. The molecule has 1 N–H and O–H groups in total. The van der Waals surface area contributed by atoms with Crippen LogP contribution < -0.4 is 5.32 Å². The van der Waals surface area contributed by atoms with E-state index in [1.807, 2.05) is 12.1 Å². The molecule has 0 unspecified atom stereocenters. The van der Waals surface area contributed by atoms with E-state index in [2.05, 4.69) is 22.3 Å². The summed E-state index contributed by atoms with van der Waals surface area (Å²) in [6.45, 7) is 4.56. The van der Waals surface area contributed by atoms with Gasteiger partial charge in [0.2, 0.25) is 0 Å². The van der Waals surface area contributed by atoms with Crippen molar-refractivity contribution in [1.82, 2.24) is 10.2 Å². The van der Waals surface area contributed by atoms with Gasteiger partial charge in [-0.05, 0) is 30.5 Å². The molecule has 1 saturated carbocycles. The third kappa shape index (κ3) is 5.32. The molecule has 24 heavy (non-hydrogen) atoms. The van der Waals surface area contributed by atoms with Crippen LogP contribution in [0.1, 0.15) is 60.9 Å². The van der Waals surface area contributed by atoms with Crippen molar-refractivity contribution in [2.24, 2.45) is 0 Å². The Morgan fingerprint density at radius 3 is 2.29 bits per heavy atom.